The van der Waals surface area contributed by atoms with E-state index in [0.717, 1.165) is 42.1 Å². The number of hydrogen-bond acceptors (Lipinski definition) is 4. The number of nitrogens with zero attached hydrogens (tertiary/aromatic N) is 2. The van der Waals surface area contributed by atoms with Gasteiger partial charge in [0.05, 0.1) is 4.92 Å². The van der Waals surface area contributed by atoms with Crippen molar-refractivity contribution in [3.63, 3.8) is 0 Å². The van der Waals surface area contributed by atoms with Gasteiger partial charge in [-0.1, -0.05) is 18.2 Å². The number of benzene rings is 2. The quantitative estimate of drug-likeness (QED) is 0.639. The van der Waals surface area contributed by atoms with Crippen molar-refractivity contribution in [3.05, 3.63) is 69.3 Å². The molecular weight excluding hydrogens is 312 g/mol. The monoisotopic (exact) mass is 330 g/mol. The number of fused-ring (bicyclic) bond motifs is 1. The Balaban J connectivity index is 1.72. The molecule has 1 atom stereocenters. The molecule has 0 unspecified atom stereocenters. The van der Waals surface area contributed by atoms with E-state index >= 15 is 0 Å². The van der Waals surface area contributed by atoms with E-state index in [0.29, 0.717) is 0 Å². The van der Waals surface area contributed by atoms with Crippen LogP contribution in [0.3, 0.4) is 0 Å². The molecule has 2 aromatic carbocycles. The van der Waals surface area contributed by atoms with E-state index in [1.165, 1.54) is 5.56 Å². The third kappa shape index (κ3) is 3.65. The minimum absolute atomic E-state index is 0.153. The maximum absolute atomic E-state index is 11.4. The molecule has 120 valence electrons. The van der Waals surface area contributed by atoms with Crippen LogP contribution in [0.1, 0.15) is 16.7 Å². The van der Waals surface area contributed by atoms with E-state index in [1.54, 1.807) is 18.4 Å². The van der Waals surface area contributed by atoms with Gasteiger partial charge in [-0.05, 0) is 35.2 Å². The van der Waals surface area contributed by atoms with Gasteiger partial charge in [0, 0.05) is 53.7 Å². The highest BCUT2D eigenvalue weighted by atomic mass is 32.2. The van der Waals surface area contributed by atoms with Crippen molar-refractivity contribution in [2.75, 3.05) is 12.8 Å². The fourth-order valence-corrected chi connectivity index (χ4v) is 3.41. The second-order valence-corrected chi connectivity index (χ2v) is 7.15. The standard InChI is InChI=1S/C17H18N2O3S/c1-23(22)17-6-2-13(3-7-17)11-18-9-8-14-4-5-16(19(20)21)10-15(14)12-18/h2-7,10H,8-9,11-12H2,1H3/t23-/m1/s1. The van der Waals surface area contributed by atoms with Crippen molar-refractivity contribution in [1.82, 2.24) is 4.90 Å². The third-order valence-corrected chi connectivity index (χ3v) is 5.09. The molecule has 1 aliphatic rings. The van der Waals surface area contributed by atoms with Crippen molar-refractivity contribution in [2.45, 2.75) is 24.4 Å². The molecule has 0 bridgehead atoms. The summed E-state index contributed by atoms with van der Waals surface area (Å²) in [5.74, 6) is 0. The average Bonchev–Trinajstić information content (AvgIpc) is 2.54. The summed E-state index contributed by atoms with van der Waals surface area (Å²) in [6, 6.07) is 12.9. The molecule has 0 N–H and O–H groups in total. The summed E-state index contributed by atoms with van der Waals surface area (Å²) in [5, 5.41) is 10.9. The Bertz CT molecular complexity index is 759. The smallest absolute Gasteiger partial charge is 0.269 e. The number of non-ortho nitro benzene ring substituents is 1. The molecule has 23 heavy (non-hydrogen) atoms. The Morgan fingerprint density at radius 1 is 1.17 bits per heavy atom. The molecule has 2 aromatic rings. The first-order valence-electron chi connectivity index (χ1n) is 7.44. The summed E-state index contributed by atoms with van der Waals surface area (Å²) < 4.78 is 11.4. The Hall–Kier alpha value is -2.05. The number of rotatable bonds is 4. The molecule has 0 saturated carbocycles. The molecule has 0 spiro atoms. The van der Waals surface area contributed by atoms with Crippen LogP contribution in [0, 0.1) is 10.1 Å². The van der Waals surface area contributed by atoms with Crippen molar-refractivity contribution in [2.24, 2.45) is 0 Å². The fraction of sp³-hybridized carbons (Fsp3) is 0.294. The molecule has 0 amide bonds. The molecule has 5 nitrogen and oxygen atoms in total. The Morgan fingerprint density at radius 2 is 1.91 bits per heavy atom. The molecule has 6 heteroatoms. The van der Waals surface area contributed by atoms with Gasteiger partial charge in [0.15, 0.2) is 0 Å². The predicted octanol–water partition coefficient (Wildman–Crippen LogP) is 2.89. The van der Waals surface area contributed by atoms with Gasteiger partial charge in [0.1, 0.15) is 0 Å². The largest absolute Gasteiger partial charge is 0.294 e. The van der Waals surface area contributed by atoms with Gasteiger partial charge >= 0.3 is 0 Å². The number of hydrogen-bond donors (Lipinski definition) is 0. The van der Waals surface area contributed by atoms with Gasteiger partial charge in [-0.15, -0.1) is 0 Å². The summed E-state index contributed by atoms with van der Waals surface area (Å²) in [6.07, 6.45) is 2.58. The first-order valence-corrected chi connectivity index (χ1v) is 8.99. The van der Waals surface area contributed by atoms with Crippen molar-refractivity contribution >= 4 is 16.5 Å². The second kappa shape index (κ2) is 6.60. The minimum Gasteiger partial charge on any atom is -0.294 e. The van der Waals surface area contributed by atoms with E-state index in [9.17, 15) is 14.3 Å². The second-order valence-electron chi connectivity index (χ2n) is 5.77. The summed E-state index contributed by atoms with van der Waals surface area (Å²) in [7, 11) is -0.958. The molecule has 0 radical (unpaired) electrons. The van der Waals surface area contributed by atoms with Crippen molar-refractivity contribution < 1.29 is 9.13 Å². The summed E-state index contributed by atoms with van der Waals surface area (Å²) in [4.78, 5) is 13.7. The lowest BCUT2D eigenvalue weighted by Gasteiger charge is -2.28. The van der Waals surface area contributed by atoms with Gasteiger partial charge in [-0.3, -0.25) is 19.2 Å². The maximum Gasteiger partial charge on any atom is 0.269 e. The van der Waals surface area contributed by atoms with Gasteiger partial charge in [0.25, 0.3) is 5.69 Å². The molecular formula is C17H18N2O3S. The molecule has 1 heterocycles. The number of nitro groups is 1. The zero-order valence-corrected chi connectivity index (χ0v) is 13.7. The summed E-state index contributed by atoms with van der Waals surface area (Å²) in [5.41, 5.74) is 3.55. The van der Waals surface area contributed by atoms with Gasteiger partial charge in [0.2, 0.25) is 0 Å². The van der Waals surface area contributed by atoms with Crippen LogP contribution in [-0.2, 0) is 30.3 Å². The van der Waals surface area contributed by atoms with E-state index in [1.807, 2.05) is 30.3 Å². The van der Waals surface area contributed by atoms with Gasteiger partial charge in [-0.25, -0.2) is 0 Å². The fourth-order valence-electron chi connectivity index (χ4n) is 2.90. The van der Waals surface area contributed by atoms with Crippen LogP contribution in [0.4, 0.5) is 5.69 Å². The number of nitro benzene ring substituents is 1. The lowest BCUT2D eigenvalue weighted by atomic mass is 9.98. The van der Waals surface area contributed by atoms with Crippen molar-refractivity contribution in [1.29, 1.82) is 0 Å². The summed E-state index contributed by atoms with van der Waals surface area (Å²) in [6.45, 7) is 2.45. The van der Waals surface area contributed by atoms with Gasteiger partial charge in [-0.2, -0.15) is 0 Å². The van der Waals surface area contributed by atoms with Crippen LogP contribution in [0.5, 0.6) is 0 Å². The zero-order chi connectivity index (χ0) is 16.4. The van der Waals surface area contributed by atoms with Crippen LogP contribution in [0.15, 0.2) is 47.4 Å². The minimum atomic E-state index is -0.958. The SMILES string of the molecule is C[S@@](=O)c1ccc(CN2CCc3ccc([N+](=O)[O-])cc3C2)cc1. The lowest BCUT2D eigenvalue weighted by molar-refractivity contribution is -0.385. The Labute approximate surface area is 137 Å². The molecule has 3 rings (SSSR count). The zero-order valence-electron chi connectivity index (χ0n) is 12.9. The van der Waals surface area contributed by atoms with Crippen LogP contribution >= 0.6 is 0 Å². The Kier molecular flexibility index (Phi) is 4.54. The van der Waals surface area contributed by atoms with Gasteiger partial charge < -0.3 is 0 Å². The van der Waals surface area contributed by atoms with Crippen molar-refractivity contribution in [3.8, 4) is 0 Å². The highest BCUT2D eigenvalue weighted by Crippen LogP contribution is 2.24. The highest BCUT2D eigenvalue weighted by Gasteiger charge is 2.19. The van der Waals surface area contributed by atoms with E-state index in [2.05, 4.69) is 4.90 Å². The van der Waals surface area contributed by atoms with E-state index < -0.39 is 10.8 Å². The van der Waals surface area contributed by atoms with Crippen LogP contribution < -0.4 is 0 Å². The first kappa shape index (κ1) is 15.8. The molecule has 0 fully saturated rings. The first-order chi connectivity index (χ1) is 11.0. The maximum atomic E-state index is 11.4. The molecule has 0 saturated heterocycles. The predicted molar refractivity (Wildman–Crippen MR) is 89.7 cm³/mol. The molecule has 1 aliphatic heterocycles. The average molecular weight is 330 g/mol. The highest BCUT2D eigenvalue weighted by molar-refractivity contribution is 7.84. The van der Waals surface area contributed by atoms with Crippen LogP contribution in [-0.4, -0.2) is 26.8 Å². The summed E-state index contributed by atoms with van der Waals surface area (Å²) >= 11 is 0. The third-order valence-electron chi connectivity index (χ3n) is 4.15. The van der Waals surface area contributed by atoms with E-state index in [-0.39, 0.29) is 10.6 Å². The lowest BCUT2D eigenvalue weighted by Crippen LogP contribution is -2.30. The van der Waals surface area contributed by atoms with Crippen LogP contribution in [0.2, 0.25) is 0 Å². The molecule has 0 aromatic heterocycles. The molecule has 0 aliphatic carbocycles. The normalized spacial score (nSPS) is 15.9. The van der Waals surface area contributed by atoms with E-state index in [4.69, 9.17) is 0 Å². The Morgan fingerprint density at radius 3 is 2.57 bits per heavy atom. The topological polar surface area (TPSA) is 63.5 Å². The van der Waals surface area contributed by atoms with Crippen LogP contribution in [0.25, 0.3) is 0 Å².